The molecule has 5 heteroatoms. The lowest BCUT2D eigenvalue weighted by Gasteiger charge is -2.17. The fourth-order valence-electron chi connectivity index (χ4n) is 7.21. The zero-order valence-electron chi connectivity index (χ0n) is 26.0. The quantitative estimate of drug-likeness (QED) is 0.193. The minimum Gasteiger partial charge on any atom is -0.354 e. The summed E-state index contributed by atoms with van der Waals surface area (Å²) in [6.45, 7) is 2.28. The van der Waals surface area contributed by atoms with Crippen LogP contribution in [-0.4, -0.2) is 9.97 Å². The molecular weight excluding hydrogens is 623 g/mol. The summed E-state index contributed by atoms with van der Waals surface area (Å²) < 4.78 is 5.29. The Morgan fingerprint density at radius 1 is 0.542 bits per heavy atom. The molecule has 48 heavy (non-hydrogen) atoms. The number of aryl methyl sites for hydroxylation is 1. The first-order valence-electron chi connectivity index (χ1n) is 16.1. The van der Waals surface area contributed by atoms with Gasteiger partial charge in [-0.3, -0.25) is 9.97 Å². The molecule has 0 unspecified atom stereocenters. The summed E-state index contributed by atoms with van der Waals surface area (Å²) in [6.07, 6.45) is 3.75. The predicted molar refractivity (Wildman–Crippen MR) is 208 cm³/mol. The summed E-state index contributed by atoms with van der Waals surface area (Å²) >= 11 is 3.76. The second kappa shape index (κ2) is 10.7. The maximum absolute atomic E-state index is 4.86. The Kier molecular flexibility index (Phi) is 6.13. The monoisotopic (exact) mass is 649 g/mol. The van der Waals surface area contributed by atoms with Gasteiger partial charge in [-0.1, -0.05) is 78.9 Å². The summed E-state index contributed by atoms with van der Waals surface area (Å²) in [4.78, 5) is 9.47. The van der Waals surface area contributed by atoms with Crippen molar-refractivity contribution in [2.75, 3.05) is 5.32 Å². The Morgan fingerprint density at radius 3 is 2.21 bits per heavy atom. The number of rotatable bonds is 4. The van der Waals surface area contributed by atoms with Crippen molar-refractivity contribution in [3.05, 3.63) is 145 Å². The van der Waals surface area contributed by atoms with Gasteiger partial charge >= 0.3 is 0 Å². The molecule has 0 atom stereocenters. The van der Waals surface area contributed by atoms with Crippen molar-refractivity contribution in [1.29, 1.82) is 0 Å². The fourth-order valence-corrected chi connectivity index (χ4v) is 9.53. The van der Waals surface area contributed by atoms with Crippen molar-refractivity contribution in [2.24, 2.45) is 0 Å². The van der Waals surface area contributed by atoms with E-state index in [0.717, 1.165) is 38.7 Å². The smallest absolute Gasteiger partial charge is 0.0966 e. The topological polar surface area (TPSA) is 37.8 Å². The van der Waals surface area contributed by atoms with Crippen LogP contribution in [0.2, 0.25) is 0 Å². The van der Waals surface area contributed by atoms with E-state index >= 15 is 0 Å². The molecule has 0 aliphatic carbocycles. The van der Waals surface area contributed by atoms with Crippen LogP contribution in [0.5, 0.6) is 0 Å². The van der Waals surface area contributed by atoms with Crippen LogP contribution in [0.3, 0.4) is 0 Å². The van der Waals surface area contributed by atoms with Crippen LogP contribution in [0, 0.1) is 6.92 Å². The van der Waals surface area contributed by atoms with Gasteiger partial charge in [0.25, 0.3) is 0 Å². The number of anilines is 2. The van der Waals surface area contributed by atoms with Crippen LogP contribution >= 0.6 is 22.7 Å². The van der Waals surface area contributed by atoms with Gasteiger partial charge in [-0.15, -0.1) is 22.7 Å². The zero-order chi connectivity index (χ0) is 31.8. The van der Waals surface area contributed by atoms with Crippen LogP contribution in [0.1, 0.15) is 5.56 Å². The highest BCUT2D eigenvalue weighted by Gasteiger charge is 2.19. The molecule has 6 aromatic carbocycles. The Balaban J connectivity index is 1.17. The lowest BCUT2D eigenvalue weighted by molar-refractivity contribution is 1.37. The average molecular weight is 650 g/mol. The molecule has 0 aliphatic rings. The van der Waals surface area contributed by atoms with E-state index in [0.29, 0.717) is 0 Å². The van der Waals surface area contributed by atoms with E-state index in [-0.39, 0.29) is 0 Å². The van der Waals surface area contributed by atoms with Crippen LogP contribution in [0.25, 0.3) is 84.4 Å². The van der Waals surface area contributed by atoms with Crippen molar-refractivity contribution in [3.63, 3.8) is 0 Å². The predicted octanol–water partition coefficient (Wildman–Crippen LogP) is 12.9. The van der Waals surface area contributed by atoms with E-state index in [4.69, 9.17) is 4.98 Å². The maximum Gasteiger partial charge on any atom is 0.0966 e. The van der Waals surface area contributed by atoms with Crippen LogP contribution in [0.4, 0.5) is 11.4 Å². The summed E-state index contributed by atoms with van der Waals surface area (Å²) in [7, 11) is 0. The second-order valence-electron chi connectivity index (χ2n) is 12.3. The molecule has 3 nitrogen and oxygen atoms in total. The van der Waals surface area contributed by atoms with E-state index in [2.05, 4.69) is 139 Å². The molecule has 0 spiro atoms. The Morgan fingerprint density at radius 2 is 1.29 bits per heavy atom. The highest BCUT2D eigenvalue weighted by Crippen LogP contribution is 2.47. The van der Waals surface area contributed by atoms with E-state index < -0.39 is 0 Å². The molecule has 0 aliphatic heterocycles. The molecule has 1 N–H and O–H groups in total. The number of aromatic nitrogens is 2. The van der Waals surface area contributed by atoms with Gasteiger partial charge in [-0.05, 0) is 77.7 Å². The van der Waals surface area contributed by atoms with Crippen molar-refractivity contribution in [1.82, 2.24) is 9.97 Å². The molecule has 0 radical (unpaired) electrons. The molecule has 0 amide bonds. The molecule has 0 saturated heterocycles. The van der Waals surface area contributed by atoms with Gasteiger partial charge in [-0.2, -0.15) is 0 Å². The van der Waals surface area contributed by atoms with Crippen LogP contribution in [-0.2, 0) is 0 Å². The van der Waals surface area contributed by atoms with Gasteiger partial charge in [-0.25, -0.2) is 0 Å². The van der Waals surface area contributed by atoms with Crippen molar-refractivity contribution >= 4 is 96.2 Å². The molecule has 0 fully saturated rings. The third-order valence-electron chi connectivity index (χ3n) is 9.50. The van der Waals surface area contributed by atoms with E-state index in [1.165, 1.54) is 62.6 Å². The molecule has 10 aromatic rings. The molecule has 10 rings (SSSR count). The third-order valence-corrected chi connectivity index (χ3v) is 11.9. The number of thiophene rings is 2. The van der Waals surface area contributed by atoms with Gasteiger partial charge in [0, 0.05) is 68.6 Å². The highest BCUT2D eigenvalue weighted by molar-refractivity contribution is 7.26. The number of benzene rings is 6. The minimum atomic E-state index is 0.915. The first-order valence-corrected chi connectivity index (χ1v) is 17.7. The number of hydrogen-bond donors (Lipinski definition) is 1. The molecule has 226 valence electrons. The summed E-state index contributed by atoms with van der Waals surface area (Å²) in [5.41, 5.74) is 10.0. The van der Waals surface area contributed by atoms with E-state index in [1.54, 1.807) is 0 Å². The molecule has 0 saturated carbocycles. The lowest BCUT2D eigenvalue weighted by atomic mass is 9.90. The Labute approximate surface area is 284 Å². The third kappa shape index (κ3) is 4.25. The number of fused-ring (bicyclic) bond motifs is 9. The van der Waals surface area contributed by atoms with Gasteiger partial charge in [0.2, 0.25) is 0 Å². The van der Waals surface area contributed by atoms with Crippen LogP contribution in [0.15, 0.2) is 140 Å². The lowest BCUT2D eigenvalue weighted by Crippen LogP contribution is -1.96. The normalized spacial score (nSPS) is 11.9. The van der Waals surface area contributed by atoms with Crippen molar-refractivity contribution in [3.8, 4) is 22.3 Å². The average Bonchev–Trinajstić information content (AvgIpc) is 3.71. The van der Waals surface area contributed by atoms with E-state index in [9.17, 15) is 0 Å². The second-order valence-corrected chi connectivity index (χ2v) is 14.5. The number of nitrogens with zero attached hydrogens (tertiary/aromatic N) is 2. The van der Waals surface area contributed by atoms with Gasteiger partial charge < -0.3 is 5.32 Å². The van der Waals surface area contributed by atoms with Gasteiger partial charge in [0.1, 0.15) is 0 Å². The van der Waals surface area contributed by atoms with Crippen molar-refractivity contribution < 1.29 is 0 Å². The first kappa shape index (κ1) is 27.5. The number of hydrogen-bond acceptors (Lipinski definition) is 5. The van der Waals surface area contributed by atoms with Crippen LogP contribution < -0.4 is 5.32 Å². The largest absolute Gasteiger partial charge is 0.354 e. The van der Waals surface area contributed by atoms with E-state index in [1.807, 2.05) is 41.1 Å². The van der Waals surface area contributed by atoms with Crippen molar-refractivity contribution in [2.45, 2.75) is 6.92 Å². The standard InChI is InChI=1S/C43H27N3S2/c1-25-33(30-10-2-5-13-36(30)46-29-21-28-17-16-26-9-8-20-44-41(26)42(28)45-24-29)23-34(40-32-12-4-7-15-38(32)48-43(25)40)27-18-19-39-35(22-27)31-11-3-6-14-37(31)47-39/h2-24,46H,1H3. The Bertz CT molecular complexity index is 2900. The van der Waals surface area contributed by atoms with Gasteiger partial charge in [0.05, 0.1) is 22.9 Å². The fraction of sp³-hybridized carbons (Fsp3) is 0.0233. The zero-order valence-corrected chi connectivity index (χ0v) is 27.6. The molecule has 4 aromatic heterocycles. The number of pyridine rings is 2. The Hall–Kier alpha value is -5.62. The molecular formula is C43H27N3S2. The number of nitrogens with one attached hydrogen (secondary N) is 1. The molecule has 0 bridgehead atoms. The highest BCUT2D eigenvalue weighted by atomic mass is 32.1. The SMILES string of the molecule is Cc1c(-c2ccccc2Nc2cnc3c(ccc4cccnc43)c2)cc(-c2ccc3sc4ccccc4c3c2)c2c1sc1ccccc12. The molecule has 4 heterocycles. The summed E-state index contributed by atoms with van der Waals surface area (Å²) in [6, 6.07) is 46.1. The maximum atomic E-state index is 4.86. The summed E-state index contributed by atoms with van der Waals surface area (Å²) in [5.74, 6) is 0. The first-order chi connectivity index (χ1) is 23.7. The number of para-hydroxylation sites is 1. The van der Waals surface area contributed by atoms with Gasteiger partial charge in [0.15, 0.2) is 0 Å². The minimum absolute atomic E-state index is 0.915. The summed E-state index contributed by atoms with van der Waals surface area (Å²) in [5, 5.41) is 11.2.